The summed E-state index contributed by atoms with van der Waals surface area (Å²) in [6.07, 6.45) is 7.49. The van der Waals surface area contributed by atoms with Crippen LogP contribution in [0.2, 0.25) is 0 Å². The number of ether oxygens (including phenoxy) is 1. The lowest BCUT2D eigenvalue weighted by molar-refractivity contribution is -0.163. The van der Waals surface area contributed by atoms with Gasteiger partial charge in [-0.25, -0.2) is 4.98 Å². The molecule has 4 N–H and O–H groups in total. The van der Waals surface area contributed by atoms with Crippen molar-refractivity contribution < 1.29 is 19.4 Å². The number of carbonyl (C=O) groups is 2. The van der Waals surface area contributed by atoms with E-state index in [1.54, 1.807) is 13.2 Å². The number of carbonyl (C=O) groups excluding carboxylic acids is 1. The van der Waals surface area contributed by atoms with E-state index in [1.807, 2.05) is 59.3 Å². The number of likely N-dealkylation sites (N-methyl/N-ethyl adjacent to an activating group) is 1. The molecule has 0 radical (unpaired) electrons. The van der Waals surface area contributed by atoms with E-state index in [1.165, 1.54) is 0 Å². The average molecular weight is 495 g/mol. The average Bonchev–Trinajstić information content (AvgIpc) is 3.32. The summed E-state index contributed by atoms with van der Waals surface area (Å²) < 4.78 is 8.05. The van der Waals surface area contributed by atoms with Crippen LogP contribution in [0, 0.1) is 0 Å². The van der Waals surface area contributed by atoms with Gasteiger partial charge in [0.15, 0.2) is 0 Å². The molecule has 3 atom stereocenters. The maximum absolute atomic E-state index is 13.6. The first kappa shape index (κ1) is 24.8. The molecule has 9 heteroatoms. The molecule has 0 bridgehead atoms. The fourth-order valence-electron chi connectivity index (χ4n) is 5.11. The van der Waals surface area contributed by atoms with Crippen LogP contribution in [0.5, 0.6) is 0 Å². The number of esters is 1. The number of carboxylic acid groups (broad SMARTS) is 1. The largest absolute Gasteiger partial charge is 0.481 e. The molecule has 0 amide bonds. The zero-order chi connectivity index (χ0) is 25.1. The van der Waals surface area contributed by atoms with Gasteiger partial charge in [0.1, 0.15) is 17.3 Å². The summed E-state index contributed by atoms with van der Waals surface area (Å²) in [5.41, 5.74) is 6.45. The Hall–Kier alpha value is -3.30. The van der Waals surface area contributed by atoms with Crippen LogP contribution >= 0.6 is 12.2 Å². The molecule has 1 aliphatic carbocycles. The minimum absolute atomic E-state index is 0.0517. The normalized spacial score (nSPS) is 21.7. The third-order valence-corrected chi connectivity index (χ3v) is 7.43. The summed E-state index contributed by atoms with van der Waals surface area (Å²) in [6, 6.07) is 13.0. The predicted octanol–water partition coefficient (Wildman–Crippen LogP) is 3.02. The van der Waals surface area contributed by atoms with E-state index in [0.717, 1.165) is 29.6 Å². The summed E-state index contributed by atoms with van der Waals surface area (Å²) in [5, 5.41) is 12.7. The fraction of sp³-hybridized carbons (Fsp3) is 0.385. The van der Waals surface area contributed by atoms with E-state index >= 15 is 0 Å². The third kappa shape index (κ3) is 4.92. The summed E-state index contributed by atoms with van der Waals surface area (Å²) in [5.74, 6) is -1.89. The van der Waals surface area contributed by atoms with Crippen molar-refractivity contribution in [2.24, 2.45) is 5.73 Å². The number of aromatic nitrogens is 2. The summed E-state index contributed by atoms with van der Waals surface area (Å²) in [6.45, 7) is 0. The van der Waals surface area contributed by atoms with Gasteiger partial charge in [-0.15, -0.1) is 0 Å². The van der Waals surface area contributed by atoms with Gasteiger partial charge in [0.2, 0.25) is 0 Å². The Morgan fingerprint density at radius 3 is 2.77 bits per heavy atom. The van der Waals surface area contributed by atoms with Crippen molar-refractivity contribution in [3.05, 3.63) is 72.2 Å². The Balaban J connectivity index is 1.71. The molecule has 2 aromatic heterocycles. The molecular weight excluding hydrogens is 464 g/mol. The molecule has 0 aliphatic heterocycles. The van der Waals surface area contributed by atoms with Crippen LogP contribution in [0.4, 0.5) is 0 Å². The summed E-state index contributed by atoms with van der Waals surface area (Å²) in [7, 11) is 1.76. The van der Waals surface area contributed by atoms with Gasteiger partial charge in [0, 0.05) is 32.1 Å². The molecule has 1 aromatic carbocycles. The standard InChI is InChI=1S/C26H30N4O4S/c1-28-23(35)26(19-10-11-21-29-13-14-30(21)17-19)12-6-5-9-20(26)34-24(33)25(27,16-22(31)32)15-18-7-3-2-4-8-18/h2-4,7-8,10-11,13-14,17,20H,5-6,9,12,15-16,27H2,1H3,(H,28,35)(H,31,32)/t20?,25-,26?/m0/s1. The van der Waals surface area contributed by atoms with Gasteiger partial charge in [-0.2, -0.15) is 0 Å². The number of nitrogens with zero attached hydrogens (tertiary/aromatic N) is 2. The maximum atomic E-state index is 13.6. The van der Waals surface area contributed by atoms with Crippen LogP contribution in [0.25, 0.3) is 5.65 Å². The van der Waals surface area contributed by atoms with Gasteiger partial charge in [-0.1, -0.05) is 55.0 Å². The molecule has 0 saturated heterocycles. The zero-order valence-corrected chi connectivity index (χ0v) is 20.5. The topological polar surface area (TPSA) is 119 Å². The number of aliphatic carboxylic acids is 1. The lowest BCUT2D eigenvalue weighted by atomic mass is 9.67. The molecule has 3 aromatic rings. The second-order valence-corrected chi connectivity index (χ2v) is 9.60. The number of carboxylic acids is 1. The number of hydrogen-bond acceptors (Lipinski definition) is 6. The molecule has 8 nitrogen and oxygen atoms in total. The minimum atomic E-state index is -1.72. The Morgan fingerprint density at radius 2 is 2.06 bits per heavy atom. The highest BCUT2D eigenvalue weighted by molar-refractivity contribution is 7.80. The van der Waals surface area contributed by atoms with Crippen molar-refractivity contribution in [3.63, 3.8) is 0 Å². The highest BCUT2D eigenvalue weighted by Crippen LogP contribution is 2.43. The van der Waals surface area contributed by atoms with Crippen LogP contribution in [-0.4, -0.2) is 50.1 Å². The first-order valence-electron chi connectivity index (χ1n) is 11.7. The second kappa shape index (κ2) is 10.1. The first-order chi connectivity index (χ1) is 16.8. The van der Waals surface area contributed by atoms with Crippen molar-refractivity contribution in [3.8, 4) is 0 Å². The number of fused-ring (bicyclic) bond motifs is 1. The number of rotatable bonds is 8. The highest BCUT2D eigenvalue weighted by Gasteiger charge is 2.50. The van der Waals surface area contributed by atoms with Crippen LogP contribution in [0.3, 0.4) is 0 Å². The molecule has 4 rings (SSSR count). The van der Waals surface area contributed by atoms with Crippen LogP contribution in [-0.2, 0) is 26.2 Å². The number of pyridine rings is 1. The lowest BCUT2D eigenvalue weighted by Gasteiger charge is -2.45. The smallest absolute Gasteiger partial charge is 0.327 e. The minimum Gasteiger partial charge on any atom is -0.481 e. The first-order valence-corrected chi connectivity index (χ1v) is 12.1. The van der Waals surface area contributed by atoms with Crippen LogP contribution in [0.1, 0.15) is 43.2 Å². The van der Waals surface area contributed by atoms with Gasteiger partial charge < -0.3 is 25.3 Å². The third-order valence-electron chi connectivity index (χ3n) is 6.86. The Labute approximate surface area is 209 Å². The molecule has 2 heterocycles. The second-order valence-electron chi connectivity index (χ2n) is 9.19. The Morgan fingerprint density at radius 1 is 1.29 bits per heavy atom. The number of nitrogens with two attached hydrogens (primary N) is 1. The SMILES string of the molecule is CNC(=S)C1(c2ccc3nccn3c2)CCCCC1OC(=O)[C@@](N)(CC(=O)O)Cc1ccccc1. The summed E-state index contributed by atoms with van der Waals surface area (Å²) >= 11 is 5.82. The number of imidazole rings is 1. The van der Waals surface area contributed by atoms with E-state index in [2.05, 4.69) is 10.3 Å². The lowest BCUT2D eigenvalue weighted by Crippen LogP contribution is -2.58. The molecule has 1 fully saturated rings. The van der Waals surface area contributed by atoms with E-state index in [-0.39, 0.29) is 6.42 Å². The van der Waals surface area contributed by atoms with Gasteiger partial charge in [-0.05, 0) is 36.5 Å². The zero-order valence-electron chi connectivity index (χ0n) is 19.6. The van der Waals surface area contributed by atoms with Crippen molar-refractivity contribution in [2.75, 3.05) is 7.05 Å². The summed E-state index contributed by atoms with van der Waals surface area (Å²) in [4.78, 5) is 30.1. The molecule has 35 heavy (non-hydrogen) atoms. The number of nitrogens with one attached hydrogen (secondary N) is 1. The van der Waals surface area contributed by atoms with Crippen molar-refractivity contribution in [1.29, 1.82) is 0 Å². The number of thiocarbonyl (C=S) groups is 1. The van der Waals surface area contributed by atoms with Gasteiger partial charge in [0.25, 0.3) is 0 Å². The molecule has 1 aliphatic rings. The van der Waals surface area contributed by atoms with E-state index in [4.69, 9.17) is 22.7 Å². The molecule has 1 saturated carbocycles. The Kier molecular flexibility index (Phi) is 7.18. The van der Waals surface area contributed by atoms with E-state index < -0.39 is 35.4 Å². The quantitative estimate of drug-likeness (QED) is 0.323. The molecular formula is C26H30N4O4S. The predicted molar refractivity (Wildman–Crippen MR) is 136 cm³/mol. The van der Waals surface area contributed by atoms with E-state index in [9.17, 15) is 14.7 Å². The molecule has 2 unspecified atom stereocenters. The molecule has 184 valence electrons. The Bertz CT molecular complexity index is 1230. The fourth-order valence-corrected chi connectivity index (χ4v) is 5.46. The highest BCUT2D eigenvalue weighted by atomic mass is 32.1. The number of benzene rings is 1. The van der Waals surface area contributed by atoms with Gasteiger partial charge in [-0.3, -0.25) is 9.59 Å². The van der Waals surface area contributed by atoms with Crippen molar-refractivity contribution >= 4 is 34.8 Å². The van der Waals surface area contributed by atoms with E-state index in [0.29, 0.717) is 17.8 Å². The van der Waals surface area contributed by atoms with Gasteiger partial charge in [0.05, 0.1) is 16.8 Å². The van der Waals surface area contributed by atoms with Gasteiger partial charge >= 0.3 is 11.9 Å². The number of hydrogen-bond donors (Lipinski definition) is 3. The molecule has 0 spiro atoms. The van der Waals surface area contributed by atoms with Crippen LogP contribution < -0.4 is 11.1 Å². The maximum Gasteiger partial charge on any atom is 0.327 e. The van der Waals surface area contributed by atoms with Crippen molar-refractivity contribution in [2.45, 2.75) is 55.6 Å². The monoisotopic (exact) mass is 494 g/mol. The van der Waals surface area contributed by atoms with Crippen molar-refractivity contribution in [1.82, 2.24) is 14.7 Å². The van der Waals surface area contributed by atoms with Crippen LogP contribution in [0.15, 0.2) is 61.1 Å².